The summed E-state index contributed by atoms with van der Waals surface area (Å²) in [6.45, 7) is 0.768. The Labute approximate surface area is 184 Å². The summed E-state index contributed by atoms with van der Waals surface area (Å²) in [5, 5.41) is 0. The topological polar surface area (TPSA) is 78.0 Å². The number of hydrogen-bond donors (Lipinski definition) is 0. The number of sulfonamides is 1. The highest BCUT2D eigenvalue weighted by molar-refractivity contribution is 7.89. The van der Waals surface area contributed by atoms with Crippen LogP contribution in [-0.4, -0.2) is 74.6 Å². The van der Waals surface area contributed by atoms with Crippen LogP contribution in [0.4, 0.5) is 13.2 Å². The maximum absolute atomic E-state index is 12.9. The molecular weight excluding hydrogens is 447 g/mol. The fraction of sp³-hybridized carbons (Fsp3) is 0.333. The Morgan fingerprint density at radius 3 is 1.81 bits per heavy atom. The first-order chi connectivity index (χ1) is 14.9. The lowest BCUT2D eigenvalue weighted by molar-refractivity contribution is -0.137. The predicted octanol–water partition coefficient (Wildman–Crippen LogP) is 2.55. The van der Waals surface area contributed by atoms with Gasteiger partial charge in [0, 0.05) is 51.4 Å². The second kappa shape index (κ2) is 8.91. The number of hydrogen-bond acceptors (Lipinski definition) is 4. The first-order valence-corrected chi connectivity index (χ1v) is 11.1. The van der Waals surface area contributed by atoms with Crippen molar-refractivity contribution in [3.8, 4) is 0 Å². The van der Waals surface area contributed by atoms with Gasteiger partial charge in [-0.25, -0.2) is 12.7 Å². The molecule has 1 aliphatic rings. The number of carbonyl (C=O) groups excluding carboxylic acids is 2. The molecule has 0 bridgehead atoms. The summed E-state index contributed by atoms with van der Waals surface area (Å²) in [5.74, 6) is -0.841. The number of amides is 2. The van der Waals surface area contributed by atoms with E-state index < -0.39 is 27.7 Å². The van der Waals surface area contributed by atoms with Crippen LogP contribution in [0.3, 0.4) is 0 Å². The Balaban J connectivity index is 1.64. The number of nitrogens with zero attached hydrogens (tertiary/aromatic N) is 3. The van der Waals surface area contributed by atoms with Gasteiger partial charge in [0.1, 0.15) is 0 Å². The second-order valence-electron chi connectivity index (χ2n) is 7.47. The van der Waals surface area contributed by atoms with Gasteiger partial charge in [-0.1, -0.05) is 6.07 Å². The van der Waals surface area contributed by atoms with Gasteiger partial charge in [0.05, 0.1) is 10.5 Å². The molecule has 2 amide bonds. The standard InChI is InChI=1S/C21H22F3N3O4S/c1-25(2)32(30,31)18-8-6-15(7-9-18)19(28)26-10-12-27(13-11-26)20(29)16-4-3-5-17(14-16)21(22,23)24/h3-9,14H,10-13H2,1-2H3. The molecule has 0 aliphatic carbocycles. The van der Waals surface area contributed by atoms with Crippen LogP contribution in [0.25, 0.3) is 0 Å². The average Bonchev–Trinajstić information content (AvgIpc) is 2.77. The molecule has 0 saturated carbocycles. The summed E-state index contributed by atoms with van der Waals surface area (Å²) < 4.78 is 64.0. The van der Waals surface area contributed by atoms with Crippen molar-refractivity contribution in [1.82, 2.24) is 14.1 Å². The summed E-state index contributed by atoms with van der Waals surface area (Å²) in [6, 6.07) is 9.82. The van der Waals surface area contributed by atoms with Crippen LogP contribution < -0.4 is 0 Å². The normalized spacial score (nSPS) is 15.2. The predicted molar refractivity (Wildman–Crippen MR) is 111 cm³/mol. The van der Waals surface area contributed by atoms with Gasteiger partial charge in [0.25, 0.3) is 11.8 Å². The van der Waals surface area contributed by atoms with Gasteiger partial charge in [-0.3, -0.25) is 9.59 Å². The van der Waals surface area contributed by atoms with Crippen molar-refractivity contribution in [3.63, 3.8) is 0 Å². The molecule has 2 aromatic carbocycles. The molecule has 0 spiro atoms. The number of rotatable bonds is 4. The molecule has 3 rings (SSSR count). The van der Waals surface area contributed by atoms with E-state index in [1.807, 2.05) is 0 Å². The molecule has 1 fully saturated rings. The van der Waals surface area contributed by atoms with Gasteiger partial charge >= 0.3 is 6.18 Å². The van der Waals surface area contributed by atoms with Crippen LogP contribution in [0.5, 0.6) is 0 Å². The van der Waals surface area contributed by atoms with Crippen molar-refractivity contribution in [1.29, 1.82) is 0 Å². The van der Waals surface area contributed by atoms with E-state index in [2.05, 4.69) is 0 Å². The second-order valence-corrected chi connectivity index (χ2v) is 9.63. The minimum Gasteiger partial charge on any atom is -0.335 e. The van der Waals surface area contributed by atoms with Crippen molar-refractivity contribution < 1.29 is 31.2 Å². The minimum atomic E-state index is -4.54. The van der Waals surface area contributed by atoms with E-state index in [0.717, 1.165) is 16.4 Å². The molecule has 1 aliphatic heterocycles. The van der Waals surface area contributed by atoms with Gasteiger partial charge in [-0.2, -0.15) is 13.2 Å². The van der Waals surface area contributed by atoms with Crippen molar-refractivity contribution in [3.05, 3.63) is 65.2 Å². The average molecular weight is 469 g/mol. The van der Waals surface area contributed by atoms with E-state index in [1.165, 1.54) is 60.3 Å². The van der Waals surface area contributed by atoms with E-state index in [4.69, 9.17) is 0 Å². The summed E-state index contributed by atoms with van der Waals surface area (Å²) in [5.41, 5.74) is -0.644. The summed E-state index contributed by atoms with van der Waals surface area (Å²) in [7, 11) is -0.783. The van der Waals surface area contributed by atoms with Gasteiger partial charge in [0.2, 0.25) is 10.0 Å². The Kier molecular flexibility index (Phi) is 6.61. The summed E-state index contributed by atoms with van der Waals surface area (Å²) >= 11 is 0. The van der Waals surface area contributed by atoms with Crippen LogP contribution in [0, 0.1) is 0 Å². The SMILES string of the molecule is CN(C)S(=O)(=O)c1ccc(C(=O)N2CCN(C(=O)c3cccc(C(F)(F)F)c3)CC2)cc1. The van der Waals surface area contributed by atoms with E-state index in [0.29, 0.717) is 5.56 Å². The number of halogens is 3. The third kappa shape index (κ3) is 4.94. The first kappa shape index (κ1) is 23.7. The molecule has 32 heavy (non-hydrogen) atoms. The zero-order chi connectivity index (χ0) is 23.7. The number of carbonyl (C=O) groups is 2. The van der Waals surface area contributed by atoms with Crippen LogP contribution in [0.1, 0.15) is 26.3 Å². The Morgan fingerprint density at radius 2 is 1.34 bits per heavy atom. The highest BCUT2D eigenvalue weighted by atomic mass is 32.2. The number of alkyl halides is 3. The molecule has 0 unspecified atom stereocenters. The molecule has 0 radical (unpaired) electrons. The van der Waals surface area contributed by atoms with E-state index >= 15 is 0 Å². The fourth-order valence-electron chi connectivity index (χ4n) is 3.29. The Hall–Kier alpha value is -2.92. The maximum atomic E-state index is 12.9. The lowest BCUT2D eigenvalue weighted by Gasteiger charge is -2.35. The minimum absolute atomic E-state index is 0.0581. The molecular formula is C21H22F3N3O4S. The van der Waals surface area contributed by atoms with E-state index in [9.17, 15) is 31.2 Å². The van der Waals surface area contributed by atoms with Gasteiger partial charge < -0.3 is 9.80 Å². The van der Waals surface area contributed by atoms with Gasteiger partial charge in [-0.15, -0.1) is 0 Å². The molecule has 172 valence electrons. The first-order valence-electron chi connectivity index (χ1n) is 9.69. The molecule has 2 aromatic rings. The van der Waals surface area contributed by atoms with Crippen LogP contribution in [0.2, 0.25) is 0 Å². The van der Waals surface area contributed by atoms with E-state index in [-0.39, 0.29) is 42.5 Å². The quantitative estimate of drug-likeness (QED) is 0.690. The van der Waals surface area contributed by atoms with Crippen molar-refractivity contribution in [2.24, 2.45) is 0 Å². The third-order valence-corrected chi connectivity index (χ3v) is 7.00. The van der Waals surface area contributed by atoms with Crippen molar-refractivity contribution in [2.75, 3.05) is 40.3 Å². The number of benzene rings is 2. The summed E-state index contributed by atoms with van der Waals surface area (Å²) in [4.78, 5) is 28.3. The largest absolute Gasteiger partial charge is 0.416 e. The lowest BCUT2D eigenvalue weighted by atomic mass is 10.1. The highest BCUT2D eigenvalue weighted by Crippen LogP contribution is 2.30. The third-order valence-electron chi connectivity index (χ3n) is 5.17. The number of piperazine rings is 1. The molecule has 1 heterocycles. The Morgan fingerprint density at radius 1 is 0.844 bits per heavy atom. The van der Waals surface area contributed by atoms with Gasteiger partial charge in [-0.05, 0) is 42.5 Å². The molecule has 7 nitrogen and oxygen atoms in total. The lowest BCUT2D eigenvalue weighted by Crippen LogP contribution is -2.50. The van der Waals surface area contributed by atoms with Crippen molar-refractivity contribution >= 4 is 21.8 Å². The van der Waals surface area contributed by atoms with E-state index in [1.54, 1.807) is 0 Å². The molecule has 0 aromatic heterocycles. The molecule has 0 atom stereocenters. The molecule has 0 N–H and O–H groups in total. The van der Waals surface area contributed by atoms with Crippen LogP contribution >= 0.6 is 0 Å². The van der Waals surface area contributed by atoms with Crippen LogP contribution in [-0.2, 0) is 16.2 Å². The molecule has 1 saturated heterocycles. The smallest absolute Gasteiger partial charge is 0.335 e. The monoisotopic (exact) mass is 469 g/mol. The maximum Gasteiger partial charge on any atom is 0.416 e. The zero-order valence-corrected chi connectivity index (χ0v) is 18.3. The zero-order valence-electron chi connectivity index (χ0n) is 17.5. The van der Waals surface area contributed by atoms with Crippen molar-refractivity contribution in [2.45, 2.75) is 11.1 Å². The van der Waals surface area contributed by atoms with Crippen LogP contribution in [0.15, 0.2) is 53.4 Å². The van der Waals surface area contributed by atoms with Gasteiger partial charge in [0.15, 0.2) is 0 Å². The fourth-order valence-corrected chi connectivity index (χ4v) is 4.19. The Bertz CT molecular complexity index is 1110. The summed E-state index contributed by atoms with van der Waals surface area (Å²) in [6.07, 6.45) is -4.54. The molecule has 11 heteroatoms. The highest BCUT2D eigenvalue weighted by Gasteiger charge is 2.32.